The first-order valence-electron chi connectivity index (χ1n) is 8.45. The predicted molar refractivity (Wildman–Crippen MR) is 80.6 cm³/mol. The van der Waals surface area contributed by atoms with E-state index in [4.69, 9.17) is 4.98 Å². The van der Waals surface area contributed by atoms with Crippen molar-refractivity contribution in [3.05, 3.63) is 18.2 Å². The van der Waals surface area contributed by atoms with Gasteiger partial charge >= 0.3 is 0 Å². The van der Waals surface area contributed by atoms with E-state index < -0.39 is 0 Å². The minimum absolute atomic E-state index is 0.442. The Hall–Kier alpha value is -0.830. The summed E-state index contributed by atoms with van der Waals surface area (Å²) in [6.45, 7) is 2.22. The number of aromatic nitrogens is 2. The maximum Gasteiger partial charge on any atom is 0.114 e. The van der Waals surface area contributed by atoms with Crippen LogP contribution in [0.3, 0.4) is 0 Å². The average Bonchev–Trinajstić information content (AvgIpc) is 2.86. The molecule has 4 fully saturated rings. The highest BCUT2D eigenvalue weighted by Crippen LogP contribution is 2.60. The molecule has 5 rings (SSSR count). The first-order chi connectivity index (χ1) is 9.79. The minimum Gasteiger partial charge on any atom is -0.334 e. The second kappa shape index (κ2) is 4.87. The SMILES string of the molecule is CNCCCn1ccnc1C12CC3CC(CC(C3)C1)C2. The molecule has 4 aliphatic carbocycles. The van der Waals surface area contributed by atoms with E-state index >= 15 is 0 Å². The zero-order chi connectivity index (χ0) is 13.6. The molecule has 4 saturated carbocycles. The fraction of sp³-hybridized carbons (Fsp3) is 0.824. The zero-order valence-corrected chi connectivity index (χ0v) is 12.6. The molecule has 1 N–H and O–H groups in total. The van der Waals surface area contributed by atoms with Crippen molar-refractivity contribution < 1.29 is 0 Å². The van der Waals surface area contributed by atoms with E-state index in [2.05, 4.69) is 16.1 Å². The van der Waals surface area contributed by atoms with Gasteiger partial charge in [-0.05, 0) is 76.3 Å². The maximum absolute atomic E-state index is 4.83. The largest absolute Gasteiger partial charge is 0.334 e. The number of hydrogen-bond acceptors (Lipinski definition) is 2. The van der Waals surface area contributed by atoms with Gasteiger partial charge in [0, 0.05) is 24.4 Å². The Labute approximate surface area is 122 Å². The standard InChI is InChI=1S/C17H27N3/c1-18-3-2-5-20-6-4-19-16(20)17-10-13-7-14(11-17)9-15(8-13)12-17/h4,6,13-15,18H,2-3,5,7-12H2,1H3. The van der Waals surface area contributed by atoms with Crippen LogP contribution < -0.4 is 5.32 Å². The van der Waals surface area contributed by atoms with E-state index in [1.165, 1.54) is 50.8 Å². The summed E-state index contributed by atoms with van der Waals surface area (Å²) in [6.07, 6.45) is 14.2. The Balaban J connectivity index is 1.59. The van der Waals surface area contributed by atoms with Crippen LogP contribution in [0.15, 0.2) is 12.4 Å². The Morgan fingerprint density at radius 3 is 2.45 bits per heavy atom. The van der Waals surface area contributed by atoms with Crippen molar-refractivity contribution in [2.75, 3.05) is 13.6 Å². The van der Waals surface area contributed by atoms with E-state index in [1.807, 2.05) is 13.2 Å². The Morgan fingerprint density at radius 2 is 1.85 bits per heavy atom. The number of nitrogens with one attached hydrogen (secondary N) is 1. The monoisotopic (exact) mass is 273 g/mol. The maximum atomic E-state index is 4.83. The molecule has 0 radical (unpaired) electrons. The van der Waals surface area contributed by atoms with Crippen LogP contribution in [0.25, 0.3) is 0 Å². The fourth-order valence-electron chi connectivity index (χ4n) is 5.76. The second-order valence-corrected chi connectivity index (χ2v) is 7.60. The van der Waals surface area contributed by atoms with Crippen molar-refractivity contribution in [3.8, 4) is 0 Å². The molecule has 0 aliphatic heterocycles. The molecule has 4 bridgehead atoms. The van der Waals surface area contributed by atoms with Gasteiger partial charge in [-0.1, -0.05) is 0 Å². The minimum atomic E-state index is 0.442. The molecule has 3 nitrogen and oxygen atoms in total. The summed E-state index contributed by atoms with van der Waals surface area (Å²) in [5.74, 6) is 4.43. The van der Waals surface area contributed by atoms with E-state index in [0.29, 0.717) is 5.41 Å². The van der Waals surface area contributed by atoms with Crippen molar-refractivity contribution >= 4 is 0 Å². The summed E-state index contributed by atoms with van der Waals surface area (Å²) in [5, 5.41) is 3.25. The van der Waals surface area contributed by atoms with Crippen LogP contribution in [-0.2, 0) is 12.0 Å². The molecular weight excluding hydrogens is 246 g/mol. The number of hydrogen-bond donors (Lipinski definition) is 1. The van der Waals surface area contributed by atoms with E-state index in [9.17, 15) is 0 Å². The predicted octanol–water partition coefficient (Wildman–Crippen LogP) is 2.96. The van der Waals surface area contributed by atoms with Crippen molar-refractivity contribution in [2.45, 2.75) is 56.9 Å². The van der Waals surface area contributed by atoms with Gasteiger partial charge in [0.2, 0.25) is 0 Å². The van der Waals surface area contributed by atoms with Crippen LogP contribution in [0.5, 0.6) is 0 Å². The first kappa shape index (κ1) is 12.9. The molecule has 0 spiro atoms. The van der Waals surface area contributed by atoms with Crippen molar-refractivity contribution in [3.63, 3.8) is 0 Å². The Bertz CT molecular complexity index is 441. The smallest absolute Gasteiger partial charge is 0.114 e. The van der Waals surface area contributed by atoms with Crippen molar-refractivity contribution in [1.29, 1.82) is 0 Å². The number of aryl methyl sites for hydroxylation is 1. The molecule has 0 atom stereocenters. The molecule has 4 aliphatic rings. The summed E-state index contributed by atoms with van der Waals surface area (Å²) in [4.78, 5) is 4.83. The van der Waals surface area contributed by atoms with Gasteiger partial charge < -0.3 is 9.88 Å². The highest BCUT2D eigenvalue weighted by atomic mass is 15.1. The number of nitrogens with zero attached hydrogens (tertiary/aromatic N) is 2. The molecular formula is C17H27N3. The van der Waals surface area contributed by atoms with Crippen LogP contribution >= 0.6 is 0 Å². The Kier molecular flexibility index (Phi) is 3.13. The number of rotatable bonds is 5. The van der Waals surface area contributed by atoms with Gasteiger partial charge in [0.25, 0.3) is 0 Å². The molecule has 1 aromatic heterocycles. The van der Waals surface area contributed by atoms with Crippen LogP contribution in [0.1, 0.15) is 50.8 Å². The lowest BCUT2D eigenvalue weighted by Gasteiger charge is -2.56. The molecule has 0 aromatic carbocycles. The van der Waals surface area contributed by atoms with E-state index in [-0.39, 0.29) is 0 Å². The molecule has 1 heterocycles. The quantitative estimate of drug-likeness (QED) is 0.836. The molecule has 1 aromatic rings. The highest BCUT2D eigenvalue weighted by molar-refractivity contribution is 5.18. The summed E-state index contributed by atoms with van der Waals surface area (Å²) in [7, 11) is 2.04. The fourth-order valence-corrected chi connectivity index (χ4v) is 5.76. The third-order valence-corrected chi connectivity index (χ3v) is 6.05. The second-order valence-electron chi connectivity index (χ2n) is 7.60. The van der Waals surface area contributed by atoms with Gasteiger partial charge in [-0.3, -0.25) is 0 Å². The van der Waals surface area contributed by atoms with Crippen LogP contribution in [-0.4, -0.2) is 23.1 Å². The average molecular weight is 273 g/mol. The van der Waals surface area contributed by atoms with Gasteiger partial charge in [-0.25, -0.2) is 4.98 Å². The van der Waals surface area contributed by atoms with E-state index in [1.54, 1.807) is 0 Å². The summed E-state index contributed by atoms with van der Waals surface area (Å²) < 4.78 is 2.46. The first-order valence-corrected chi connectivity index (χ1v) is 8.45. The lowest BCUT2D eigenvalue weighted by molar-refractivity contribution is -0.0110. The normalized spacial score (nSPS) is 38.5. The molecule has 110 valence electrons. The summed E-state index contributed by atoms with van der Waals surface area (Å²) in [5.41, 5.74) is 0.442. The lowest BCUT2D eigenvalue weighted by Crippen LogP contribution is -2.49. The summed E-state index contributed by atoms with van der Waals surface area (Å²) >= 11 is 0. The van der Waals surface area contributed by atoms with Gasteiger partial charge in [-0.2, -0.15) is 0 Å². The molecule has 0 amide bonds. The molecule has 3 heteroatoms. The van der Waals surface area contributed by atoms with Gasteiger partial charge in [-0.15, -0.1) is 0 Å². The van der Waals surface area contributed by atoms with Gasteiger partial charge in [0.15, 0.2) is 0 Å². The number of imidazole rings is 1. The van der Waals surface area contributed by atoms with Crippen molar-refractivity contribution in [2.24, 2.45) is 17.8 Å². The van der Waals surface area contributed by atoms with Crippen LogP contribution in [0.2, 0.25) is 0 Å². The van der Waals surface area contributed by atoms with Gasteiger partial charge in [0.1, 0.15) is 5.82 Å². The molecule has 0 unspecified atom stereocenters. The lowest BCUT2D eigenvalue weighted by atomic mass is 9.49. The summed E-state index contributed by atoms with van der Waals surface area (Å²) in [6, 6.07) is 0. The Morgan fingerprint density at radius 1 is 1.20 bits per heavy atom. The topological polar surface area (TPSA) is 29.9 Å². The molecule has 20 heavy (non-hydrogen) atoms. The van der Waals surface area contributed by atoms with Gasteiger partial charge in [0.05, 0.1) is 0 Å². The van der Waals surface area contributed by atoms with Crippen LogP contribution in [0, 0.1) is 17.8 Å². The third-order valence-electron chi connectivity index (χ3n) is 6.05. The molecule has 0 saturated heterocycles. The zero-order valence-electron chi connectivity index (χ0n) is 12.6. The highest BCUT2D eigenvalue weighted by Gasteiger charge is 2.53. The van der Waals surface area contributed by atoms with Crippen molar-refractivity contribution in [1.82, 2.24) is 14.9 Å². The third kappa shape index (κ3) is 2.02. The van der Waals surface area contributed by atoms with Crippen LogP contribution in [0.4, 0.5) is 0 Å². The van der Waals surface area contributed by atoms with E-state index in [0.717, 1.165) is 30.8 Å².